The van der Waals surface area contributed by atoms with Crippen LogP contribution in [-0.2, 0) is 5.41 Å². The number of carbonyl (C=O) groups excluding carboxylic acids is 5. The maximum atomic E-state index is 13.6. The molecule has 2 aromatic heterocycles. The van der Waals surface area contributed by atoms with Crippen LogP contribution in [-0.4, -0.2) is 98.8 Å². The lowest BCUT2D eigenvalue weighted by Gasteiger charge is -2.50. The number of nitrogens with zero attached hydrogens (tertiary/aromatic N) is 3. The van der Waals surface area contributed by atoms with Crippen LogP contribution in [0.15, 0.2) is 122 Å². The predicted octanol–water partition coefficient (Wildman–Crippen LogP) is 12.6. The van der Waals surface area contributed by atoms with E-state index in [1.54, 1.807) is 66.3 Å². The molecule has 10 rings (SSSR count). The van der Waals surface area contributed by atoms with Gasteiger partial charge in [0.1, 0.15) is 17.1 Å². The van der Waals surface area contributed by atoms with Crippen LogP contribution in [0.25, 0.3) is 16.8 Å². The number of Topliss-reactive ketones (excluding diaryl/α,β-unsaturated/α-hetero) is 1. The Morgan fingerprint density at radius 1 is 0.759 bits per heavy atom. The number of hydrogen-bond acceptors (Lipinski definition) is 11. The summed E-state index contributed by atoms with van der Waals surface area (Å²) in [6.07, 6.45) is 9.71. The average Bonchev–Trinajstić information content (AvgIpc) is 4.28. The molecule has 15 nitrogen and oxygen atoms in total. The predicted molar refractivity (Wildman–Crippen MR) is 322 cm³/mol. The van der Waals surface area contributed by atoms with Crippen LogP contribution >= 0.6 is 0 Å². The van der Waals surface area contributed by atoms with Crippen molar-refractivity contribution in [1.82, 2.24) is 30.4 Å². The van der Waals surface area contributed by atoms with Gasteiger partial charge in [-0.1, -0.05) is 79.2 Å². The van der Waals surface area contributed by atoms with Crippen molar-refractivity contribution in [2.24, 2.45) is 0 Å². The number of aliphatic hydroxyl groups is 1. The normalized spacial score (nSPS) is 14.9. The third kappa shape index (κ3) is 17.7. The molecule has 3 amide bonds. The second kappa shape index (κ2) is 30.3. The summed E-state index contributed by atoms with van der Waals surface area (Å²) in [5.74, 6) is -3.82. The van der Waals surface area contributed by atoms with Crippen LogP contribution in [0.5, 0.6) is 0 Å². The Hall–Kier alpha value is -8.03. The first-order chi connectivity index (χ1) is 39.6. The van der Waals surface area contributed by atoms with Crippen LogP contribution in [0.3, 0.4) is 0 Å². The molecule has 1 atom stereocenters. The largest absolute Gasteiger partial charge is 0.386 e. The van der Waals surface area contributed by atoms with E-state index < -0.39 is 29.0 Å². The zero-order chi connectivity index (χ0) is 61.2. The molecule has 5 aromatic carbocycles. The maximum absolute atomic E-state index is 13.6. The standard InChI is InChI=1S/C20H19N3O2.C18H20N2O3.C14H10F3NO.C9H18N2O.2C2H6/c1-12-4-5-14(20(25)22-15-6-7-15)10-16(12)17-11-18(13(2)24)23-9-3-8-21-19(17)23;1-18(2,3)14-8-4-12(5-9-14)16(21)19-15-10-6-13(7-11-15)17(22)20-23;1-8-2-5-12(11(16)6-8)18-14-9(7-19)3-4-10(15)13(14)17;1-11-6-9(12,7-11)8-4-2-3-5-10-8;2*1-2/h3-5,8-11,15H,6-7H2,1-2H3,(H,22,25);4-11,23H,1-3H3,(H,19,21)(H,20,22);2-7,18H,1H3;8,10,12H,2-7H2,1H3;2*1-2H3. The van der Waals surface area contributed by atoms with Crippen molar-refractivity contribution in [2.75, 3.05) is 37.3 Å². The van der Waals surface area contributed by atoms with E-state index in [9.17, 15) is 42.3 Å². The minimum atomic E-state index is -1.22. The van der Waals surface area contributed by atoms with Gasteiger partial charge < -0.3 is 31.3 Å². The van der Waals surface area contributed by atoms with Crippen LogP contribution in [0.2, 0.25) is 0 Å². The Balaban J connectivity index is 0.000000203. The molecule has 3 aliphatic rings. The number of likely N-dealkylation sites (tertiary alicyclic amines) is 1. The minimum Gasteiger partial charge on any atom is -0.386 e. The van der Waals surface area contributed by atoms with Gasteiger partial charge in [0.05, 0.1) is 17.1 Å². The summed E-state index contributed by atoms with van der Waals surface area (Å²) in [6.45, 7) is 22.4. The number of halogens is 3. The Bertz CT molecular complexity index is 3330. The number of piperidine rings is 1. The molecule has 3 fully saturated rings. The van der Waals surface area contributed by atoms with Gasteiger partial charge in [0.2, 0.25) is 0 Å². The van der Waals surface area contributed by atoms with Crippen LogP contribution < -0.4 is 26.7 Å². The highest BCUT2D eigenvalue weighted by Gasteiger charge is 2.45. The van der Waals surface area contributed by atoms with E-state index in [2.05, 4.69) is 59.0 Å². The van der Waals surface area contributed by atoms with Gasteiger partial charge in [-0.25, -0.2) is 23.6 Å². The number of ketones is 1. The summed E-state index contributed by atoms with van der Waals surface area (Å²) in [4.78, 5) is 65.2. The van der Waals surface area contributed by atoms with Crippen LogP contribution in [0.4, 0.5) is 30.2 Å². The SMILES string of the molecule is CC.CC.CC(=O)c1cc(-c2cc(C(=O)NC3CC3)ccc2C)c2ncccn12.CC(C)(C)c1ccc(C(=O)Nc2ccc(C(=O)NO)cc2)cc1.CN1CC(O)(C2CCCCN2)C1.Cc1ccc(Nc2c(C=O)ccc(F)c2F)c(F)c1. The van der Waals surface area contributed by atoms with Gasteiger partial charge in [0.25, 0.3) is 17.7 Å². The number of hydrogen-bond donors (Lipinski definition) is 7. The fraction of sp³-hybridized carbons (Fsp3) is 0.354. The molecule has 1 aliphatic carbocycles. The Morgan fingerprint density at radius 3 is 1.96 bits per heavy atom. The summed E-state index contributed by atoms with van der Waals surface area (Å²) < 4.78 is 42.2. The molecule has 2 aliphatic heterocycles. The van der Waals surface area contributed by atoms with Crippen molar-refractivity contribution in [3.8, 4) is 11.1 Å². The molecule has 83 heavy (non-hydrogen) atoms. The molecular weight excluding hydrogens is 1060 g/mol. The number of anilines is 3. The van der Waals surface area contributed by atoms with Gasteiger partial charge in [-0.2, -0.15) is 0 Å². The van der Waals surface area contributed by atoms with E-state index in [-0.39, 0.29) is 40.0 Å². The molecule has 0 radical (unpaired) electrons. The molecule has 0 bridgehead atoms. The van der Waals surface area contributed by atoms with Crippen molar-refractivity contribution in [3.05, 3.63) is 184 Å². The molecule has 7 N–H and O–H groups in total. The number of likely N-dealkylation sites (N-methyl/N-ethyl adjacent to an activating group) is 1. The Kier molecular flexibility index (Phi) is 24.0. The number of nitrogens with one attached hydrogen (secondary N) is 5. The fourth-order valence-corrected chi connectivity index (χ4v) is 9.22. The average molecular weight is 1140 g/mol. The lowest BCUT2D eigenvalue weighted by molar-refractivity contribution is -0.114. The van der Waals surface area contributed by atoms with E-state index in [0.29, 0.717) is 52.0 Å². The van der Waals surface area contributed by atoms with Gasteiger partial charge in [-0.15, -0.1) is 0 Å². The summed E-state index contributed by atoms with van der Waals surface area (Å²) in [5.41, 5.74) is 8.75. The number of β-amino-alcohol motifs (C(OH)–C–C–N with tert-alkyl or cyclic N) is 1. The van der Waals surface area contributed by atoms with Crippen LogP contribution in [0, 0.1) is 31.3 Å². The smallest absolute Gasteiger partial charge is 0.274 e. The first kappa shape index (κ1) is 65.8. The molecule has 0 spiro atoms. The first-order valence-electron chi connectivity index (χ1n) is 28.0. The lowest BCUT2D eigenvalue weighted by Crippen LogP contribution is -2.69. The van der Waals surface area contributed by atoms with Gasteiger partial charge in [0.15, 0.2) is 23.7 Å². The molecule has 442 valence electrons. The third-order valence-electron chi connectivity index (χ3n) is 13.8. The summed E-state index contributed by atoms with van der Waals surface area (Å²) >= 11 is 0. The quantitative estimate of drug-likeness (QED) is 0.0281. The topological polar surface area (TPSA) is 206 Å². The van der Waals surface area contributed by atoms with Gasteiger partial charge >= 0.3 is 0 Å². The highest BCUT2D eigenvalue weighted by molar-refractivity contribution is 6.05. The van der Waals surface area contributed by atoms with Crippen molar-refractivity contribution in [2.45, 2.75) is 124 Å². The zero-order valence-corrected chi connectivity index (χ0v) is 49.3. The van der Waals surface area contributed by atoms with E-state index in [4.69, 9.17) is 5.21 Å². The third-order valence-corrected chi connectivity index (χ3v) is 13.8. The van der Waals surface area contributed by atoms with Crippen molar-refractivity contribution in [3.63, 3.8) is 0 Å². The second-order valence-electron chi connectivity index (χ2n) is 21.2. The van der Waals surface area contributed by atoms with Gasteiger partial charge in [-0.3, -0.25) is 33.6 Å². The van der Waals surface area contributed by atoms with E-state index in [1.807, 2.05) is 77.2 Å². The van der Waals surface area contributed by atoms with Crippen LogP contribution in [0.1, 0.15) is 156 Å². The monoisotopic (exact) mass is 1140 g/mol. The van der Waals surface area contributed by atoms with Crippen molar-refractivity contribution in [1.29, 1.82) is 0 Å². The molecule has 18 heteroatoms. The number of carbonyl (C=O) groups is 5. The van der Waals surface area contributed by atoms with Gasteiger partial charge in [-0.05, 0) is 166 Å². The highest BCUT2D eigenvalue weighted by atomic mass is 19.2. The first-order valence-corrected chi connectivity index (χ1v) is 28.0. The lowest BCUT2D eigenvalue weighted by atomic mass is 9.82. The number of aromatic nitrogens is 2. The molecule has 2 saturated heterocycles. The summed E-state index contributed by atoms with van der Waals surface area (Å²) in [5, 5.41) is 30.3. The summed E-state index contributed by atoms with van der Waals surface area (Å²) in [6, 6.07) is 30.0. The molecule has 7 aromatic rings. The number of hydroxylamine groups is 1. The van der Waals surface area contributed by atoms with Gasteiger partial charge in [0, 0.05) is 78.0 Å². The number of aldehydes is 1. The second-order valence-corrected chi connectivity index (χ2v) is 21.2. The van der Waals surface area contributed by atoms with E-state index in [0.717, 1.165) is 78.9 Å². The van der Waals surface area contributed by atoms with Crippen molar-refractivity contribution < 1.29 is 47.5 Å². The Morgan fingerprint density at radius 2 is 1.40 bits per heavy atom. The number of rotatable bonds is 11. The molecular formula is C65H79F3N8O7. The Labute approximate surface area is 485 Å². The van der Waals surface area contributed by atoms with Crippen molar-refractivity contribution >= 4 is 52.5 Å². The minimum absolute atomic E-state index is 0.0189. The molecule has 1 saturated carbocycles. The number of aryl methyl sites for hydroxylation is 2. The van der Waals surface area contributed by atoms with E-state index >= 15 is 0 Å². The molecule has 4 heterocycles. The highest BCUT2D eigenvalue weighted by Crippen LogP contribution is 2.32. The number of amides is 3. The molecule has 1 unspecified atom stereocenters. The number of benzene rings is 5. The fourth-order valence-electron chi connectivity index (χ4n) is 9.22. The maximum Gasteiger partial charge on any atom is 0.274 e. The number of fused-ring (bicyclic) bond motifs is 1. The zero-order valence-electron chi connectivity index (χ0n) is 49.3. The van der Waals surface area contributed by atoms with E-state index in [1.165, 1.54) is 37.1 Å². The summed E-state index contributed by atoms with van der Waals surface area (Å²) in [7, 11) is 2.05.